The molecule has 158 valence electrons. The third kappa shape index (κ3) is 3.88. The zero-order chi connectivity index (χ0) is 22.1. The van der Waals surface area contributed by atoms with E-state index in [1.165, 1.54) is 12.3 Å². The molecule has 0 aliphatic heterocycles. The molecule has 5 rings (SSSR count). The summed E-state index contributed by atoms with van der Waals surface area (Å²) in [4.78, 5) is 32.3. The van der Waals surface area contributed by atoms with Crippen LogP contribution in [0.1, 0.15) is 32.3 Å². The van der Waals surface area contributed by atoms with Crippen LogP contribution in [0.15, 0.2) is 77.3 Å². The summed E-state index contributed by atoms with van der Waals surface area (Å²) in [6.07, 6.45) is 2.57. The average molecular weight is 426 g/mol. The minimum atomic E-state index is -1.14. The van der Waals surface area contributed by atoms with Crippen molar-refractivity contribution < 1.29 is 23.8 Å². The van der Waals surface area contributed by atoms with Gasteiger partial charge in [0, 0.05) is 5.92 Å². The zero-order valence-electron chi connectivity index (χ0n) is 16.9. The highest BCUT2D eigenvalue weighted by Crippen LogP contribution is 2.33. The van der Waals surface area contributed by atoms with Crippen LogP contribution in [0.4, 0.5) is 0 Å². The van der Waals surface area contributed by atoms with Crippen LogP contribution >= 0.6 is 0 Å². The van der Waals surface area contributed by atoms with Crippen LogP contribution in [-0.2, 0) is 12.8 Å². The van der Waals surface area contributed by atoms with E-state index in [4.69, 9.17) is 14.3 Å². The number of carboxylic acid groups (broad SMARTS) is 1. The maximum atomic E-state index is 13.0. The Labute approximate surface area is 183 Å². The molecule has 0 spiro atoms. The third-order valence-corrected chi connectivity index (χ3v) is 5.40. The molecular weight excluding hydrogens is 408 g/mol. The minimum Gasteiger partial charge on any atom is -0.477 e. The molecule has 4 aromatic rings. The van der Waals surface area contributed by atoms with Crippen LogP contribution < -0.4 is 4.74 Å². The number of nitrogens with zero attached hydrogens (tertiary/aromatic N) is 2. The number of pyridine rings is 1. The number of Topliss-reactive ketones (excluding diaryl/α,β-unsaturated/α-hetero) is 1. The van der Waals surface area contributed by atoms with Crippen molar-refractivity contribution in [3.63, 3.8) is 0 Å². The number of fused-ring (bicyclic) bond motifs is 1. The predicted octanol–water partition coefficient (Wildman–Crippen LogP) is 4.82. The molecular formula is C25H18N2O5. The van der Waals surface area contributed by atoms with Crippen molar-refractivity contribution in [2.24, 2.45) is 5.92 Å². The number of rotatable bonds is 6. The van der Waals surface area contributed by atoms with Gasteiger partial charge in [-0.15, -0.1) is 0 Å². The molecule has 2 heterocycles. The molecule has 0 radical (unpaired) electrons. The fourth-order valence-electron chi connectivity index (χ4n) is 3.84. The highest BCUT2D eigenvalue weighted by atomic mass is 16.5. The summed E-state index contributed by atoms with van der Waals surface area (Å²) in [6.45, 7) is 0. The maximum absolute atomic E-state index is 13.0. The molecule has 0 bridgehead atoms. The number of aromatic carboxylic acids is 1. The Hall–Kier alpha value is -4.26. The molecule has 1 N–H and O–H groups in total. The van der Waals surface area contributed by atoms with E-state index in [1.807, 2.05) is 48.5 Å². The molecule has 7 heteroatoms. The zero-order valence-corrected chi connectivity index (χ0v) is 16.9. The molecule has 0 saturated carbocycles. The number of ether oxygens (including phenoxy) is 1. The van der Waals surface area contributed by atoms with E-state index >= 15 is 0 Å². The number of hydrogen-bond acceptors (Lipinski definition) is 6. The van der Waals surface area contributed by atoms with E-state index in [1.54, 1.807) is 12.1 Å². The number of ketones is 1. The van der Waals surface area contributed by atoms with Crippen LogP contribution in [0.25, 0.3) is 11.5 Å². The first kappa shape index (κ1) is 19.7. The minimum absolute atomic E-state index is 0.00101. The fraction of sp³-hybridized carbons (Fsp3) is 0.120. The van der Waals surface area contributed by atoms with E-state index in [0.29, 0.717) is 18.5 Å². The SMILES string of the molecule is O=C(O)c1cccc(-c2cnc(C(=O)[C@@H]3Cc4ccc(Oc5ccccc5)cc4C3)o2)n1. The van der Waals surface area contributed by atoms with Crippen molar-refractivity contribution >= 4 is 11.8 Å². The van der Waals surface area contributed by atoms with Crippen LogP contribution in [0, 0.1) is 5.92 Å². The Morgan fingerprint density at radius 1 is 0.938 bits per heavy atom. The van der Waals surface area contributed by atoms with Gasteiger partial charge >= 0.3 is 5.97 Å². The van der Waals surface area contributed by atoms with Gasteiger partial charge in [-0.25, -0.2) is 14.8 Å². The lowest BCUT2D eigenvalue weighted by Gasteiger charge is -2.07. The topological polar surface area (TPSA) is 103 Å². The van der Waals surface area contributed by atoms with Gasteiger partial charge in [0.2, 0.25) is 5.78 Å². The van der Waals surface area contributed by atoms with Crippen molar-refractivity contribution in [2.45, 2.75) is 12.8 Å². The Balaban J connectivity index is 1.31. The highest BCUT2D eigenvalue weighted by molar-refractivity contribution is 5.95. The second-order valence-electron chi connectivity index (χ2n) is 7.56. The molecule has 1 aliphatic carbocycles. The van der Waals surface area contributed by atoms with Gasteiger partial charge in [0.15, 0.2) is 5.76 Å². The number of aromatic nitrogens is 2. The molecule has 1 atom stereocenters. The number of oxazole rings is 1. The molecule has 2 aromatic carbocycles. The Bertz CT molecular complexity index is 1310. The van der Waals surface area contributed by atoms with E-state index in [-0.39, 0.29) is 29.0 Å². The Morgan fingerprint density at radius 2 is 1.75 bits per heavy atom. The maximum Gasteiger partial charge on any atom is 0.354 e. The standard InChI is InChI=1S/C25H18N2O5/c28-23(24-26-14-22(32-24)20-7-4-8-21(27-20)25(29)30)17-11-15-9-10-19(13-16(15)12-17)31-18-5-2-1-3-6-18/h1-10,13-14,17H,11-12H2,(H,29,30)/t17-/m1/s1. The van der Waals surface area contributed by atoms with Gasteiger partial charge in [-0.1, -0.05) is 30.3 Å². The molecule has 7 nitrogen and oxygen atoms in total. The summed E-state index contributed by atoms with van der Waals surface area (Å²) >= 11 is 0. The highest BCUT2D eigenvalue weighted by Gasteiger charge is 2.31. The summed E-state index contributed by atoms with van der Waals surface area (Å²) in [5, 5.41) is 9.11. The number of carbonyl (C=O) groups excluding carboxylic acids is 1. The largest absolute Gasteiger partial charge is 0.477 e. The van der Waals surface area contributed by atoms with E-state index < -0.39 is 5.97 Å². The number of benzene rings is 2. The summed E-state index contributed by atoms with van der Waals surface area (Å²) in [5.74, 6) is 0.138. The van der Waals surface area contributed by atoms with Gasteiger partial charge in [0.1, 0.15) is 22.9 Å². The van der Waals surface area contributed by atoms with Gasteiger partial charge < -0.3 is 14.3 Å². The van der Waals surface area contributed by atoms with Gasteiger partial charge in [0.25, 0.3) is 5.89 Å². The number of carbonyl (C=O) groups is 2. The molecule has 2 aromatic heterocycles. The summed E-state index contributed by atoms with van der Waals surface area (Å²) in [5.41, 5.74) is 2.38. The van der Waals surface area contributed by atoms with Crippen molar-refractivity contribution in [2.75, 3.05) is 0 Å². The smallest absolute Gasteiger partial charge is 0.354 e. The third-order valence-electron chi connectivity index (χ3n) is 5.40. The van der Waals surface area contributed by atoms with E-state index in [2.05, 4.69) is 9.97 Å². The van der Waals surface area contributed by atoms with Crippen molar-refractivity contribution in [3.8, 4) is 23.0 Å². The lowest BCUT2D eigenvalue weighted by molar-refractivity contribution is 0.0690. The lowest BCUT2D eigenvalue weighted by Crippen LogP contribution is -2.15. The average Bonchev–Trinajstić information content (AvgIpc) is 3.47. The van der Waals surface area contributed by atoms with Crippen LogP contribution in [0.3, 0.4) is 0 Å². The number of para-hydroxylation sites is 1. The van der Waals surface area contributed by atoms with Crippen LogP contribution in [-0.4, -0.2) is 26.8 Å². The van der Waals surface area contributed by atoms with Crippen LogP contribution in [0.5, 0.6) is 11.5 Å². The Kier molecular flexibility index (Phi) is 4.99. The van der Waals surface area contributed by atoms with Crippen molar-refractivity contribution in [1.82, 2.24) is 9.97 Å². The first-order chi connectivity index (χ1) is 15.6. The molecule has 1 aliphatic rings. The first-order valence-electron chi connectivity index (χ1n) is 10.1. The Morgan fingerprint density at radius 3 is 2.56 bits per heavy atom. The summed E-state index contributed by atoms with van der Waals surface area (Å²) < 4.78 is 11.5. The van der Waals surface area contributed by atoms with E-state index in [0.717, 1.165) is 22.6 Å². The molecule has 0 fully saturated rings. The van der Waals surface area contributed by atoms with Gasteiger partial charge in [0.05, 0.1) is 6.20 Å². The fourth-order valence-corrected chi connectivity index (χ4v) is 3.84. The van der Waals surface area contributed by atoms with Gasteiger partial charge in [-0.2, -0.15) is 0 Å². The number of hydrogen-bond donors (Lipinski definition) is 1. The van der Waals surface area contributed by atoms with Crippen molar-refractivity contribution in [1.29, 1.82) is 0 Å². The predicted molar refractivity (Wildman–Crippen MR) is 115 cm³/mol. The lowest BCUT2D eigenvalue weighted by atomic mass is 10.0. The first-order valence-corrected chi connectivity index (χ1v) is 10.1. The van der Waals surface area contributed by atoms with Gasteiger partial charge in [-0.3, -0.25) is 4.79 Å². The molecule has 32 heavy (non-hydrogen) atoms. The molecule has 0 saturated heterocycles. The van der Waals surface area contributed by atoms with Crippen molar-refractivity contribution in [3.05, 3.63) is 95.6 Å². The number of carboxylic acids is 1. The second-order valence-corrected chi connectivity index (χ2v) is 7.56. The quantitative estimate of drug-likeness (QED) is 0.441. The molecule has 0 amide bonds. The van der Waals surface area contributed by atoms with Gasteiger partial charge in [-0.05, 0) is 60.4 Å². The normalized spacial score (nSPS) is 14.7. The summed E-state index contributed by atoms with van der Waals surface area (Å²) in [7, 11) is 0. The van der Waals surface area contributed by atoms with Crippen LogP contribution in [0.2, 0.25) is 0 Å². The second kappa shape index (κ2) is 8.11. The van der Waals surface area contributed by atoms with E-state index in [9.17, 15) is 9.59 Å². The summed E-state index contributed by atoms with van der Waals surface area (Å²) in [6, 6.07) is 20.0. The molecule has 0 unspecified atom stereocenters. The monoisotopic (exact) mass is 426 g/mol.